The Morgan fingerprint density at radius 2 is 2.29 bits per heavy atom. The number of nitrogens with two attached hydrogens (primary N) is 1. The van der Waals surface area contributed by atoms with Crippen molar-refractivity contribution in [2.45, 2.75) is 6.92 Å². The second-order valence-corrected chi connectivity index (χ2v) is 1.12. The molecule has 0 bridgehead atoms. The fourth-order valence-electron chi connectivity index (χ4n) is 0.172. The first-order valence-electron chi connectivity index (χ1n) is 1.75. The van der Waals surface area contributed by atoms with Crippen LogP contribution in [-0.4, -0.2) is 6.09 Å². The monoisotopic (exact) mass is 101 g/mol. The molecule has 7 heavy (non-hydrogen) atoms. The SMILES string of the molecule is C=C(C)OC(N)=O. The highest BCUT2D eigenvalue weighted by Gasteiger charge is 1.88. The third kappa shape index (κ3) is 5.01. The van der Waals surface area contributed by atoms with E-state index in [4.69, 9.17) is 0 Å². The molecular formula is C4H7NO2. The van der Waals surface area contributed by atoms with E-state index in [0.717, 1.165) is 0 Å². The van der Waals surface area contributed by atoms with Gasteiger partial charge in [-0.2, -0.15) is 0 Å². The van der Waals surface area contributed by atoms with Crippen LogP contribution < -0.4 is 5.73 Å². The molecule has 0 rings (SSSR count). The van der Waals surface area contributed by atoms with Crippen molar-refractivity contribution in [1.82, 2.24) is 0 Å². The van der Waals surface area contributed by atoms with Crippen LogP contribution in [-0.2, 0) is 4.74 Å². The Bertz CT molecular complexity index is 85.9. The predicted octanol–water partition coefficient (Wildman–Crippen LogP) is 0.615. The molecule has 0 radical (unpaired) electrons. The summed E-state index contributed by atoms with van der Waals surface area (Å²) in [6.07, 6.45) is -0.812. The summed E-state index contributed by atoms with van der Waals surface area (Å²) in [6.45, 7) is 4.82. The first-order valence-corrected chi connectivity index (χ1v) is 1.75. The van der Waals surface area contributed by atoms with Gasteiger partial charge in [-0.25, -0.2) is 4.79 Å². The summed E-state index contributed by atoms with van der Waals surface area (Å²) in [7, 11) is 0. The second kappa shape index (κ2) is 2.23. The highest BCUT2D eigenvalue weighted by atomic mass is 16.5. The molecule has 0 aliphatic heterocycles. The lowest BCUT2D eigenvalue weighted by Crippen LogP contribution is -2.10. The lowest BCUT2D eigenvalue weighted by molar-refractivity contribution is 0.187. The predicted molar refractivity (Wildman–Crippen MR) is 25.5 cm³/mol. The maximum atomic E-state index is 9.75. The van der Waals surface area contributed by atoms with E-state index in [1.807, 2.05) is 0 Å². The van der Waals surface area contributed by atoms with E-state index in [9.17, 15) is 4.79 Å². The van der Waals surface area contributed by atoms with E-state index in [2.05, 4.69) is 17.0 Å². The highest BCUT2D eigenvalue weighted by molar-refractivity contribution is 5.65. The van der Waals surface area contributed by atoms with Crippen molar-refractivity contribution in [3.8, 4) is 0 Å². The summed E-state index contributed by atoms with van der Waals surface area (Å²) in [5, 5.41) is 0. The van der Waals surface area contributed by atoms with E-state index in [-0.39, 0.29) is 0 Å². The summed E-state index contributed by atoms with van der Waals surface area (Å²) >= 11 is 0. The van der Waals surface area contributed by atoms with Crippen molar-refractivity contribution < 1.29 is 9.53 Å². The zero-order chi connectivity index (χ0) is 5.86. The number of hydrogen-bond donors (Lipinski definition) is 1. The summed E-state index contributed by atoms with van der Waals surface area (Å²) in [5.41, 5.74) is 4.57. The number of amides is 1. The van der Waals surface area contributed by atoms with Crippen LogP contribution in [0.3, 0.4) is 0 Å². The van der Waals surface area contributed by atoms with Gasteiger partial charge in [0, 0.05) is 0 Å². The normalized spacial score (nSPS) is 7.57. The molecule has 3 nitrogen and oxygen atoms in total. The van der Waals surface area contributed by atoms with Crippen molar-refractivity contribution in [2.75, 3.05) is 0 Å². The quantitative estimate of drug-likeness (QED) is 0.492. The first-order chi connectivity index (χ1) is 3.13. The molecule has 0 fully saturated rings. The number of rotatable bonds is 1. The number of ether oxygens (including phenoxy) is 1. The Hall–Kier alpha value is -0.990. The van der Waals surface area contributed by atoms with E-state index < -0.39 is 6.09 Å². The zero-order valence-corrected chi connectivity index (χ0v) is 4.10. The van der Waals surface area contributed by atoms with Crippen LogP contribution in [0.4, 0.5) is 4.79 Å². The van der Waals surface area contributed by atoms with Crippen molar-refractivity contribution >= 4 is 6.09 Å². The maximum Gasteiger partial charge on any atom is 0.409 e. The Morgan fingerprint density at radius 1 is 1.86 bits per heavy atom. The molecule has 0 saturated carbocycles. The third-order valence-electron chi connectivity index (χ3n) is 0.275. The van der Waals surface area contributed by atoms with Gasteiger partial charge in [-0.1, -0.05) is 6.58 Å². The fourth-order valence-corrected chi connectivity index (χ4v) is 0.172. The van der Waals surface area contributed by atoms with Gasteiger partial charge in [0.25, 0.3) is 0 Å². The minimum atomic E-state index is -0.812. The molecule has 40 valence electrons. The average molecular weight is 101 g/mol. The van der Waals surface area contributed by atoms with Crippen LogP contribution >= 0.6 is 0 Å². The first kappa shape index (κ1) is 6.01. The summed E-state index contributed by atoms with van der Waals surface area (Å²) in [5.74, 6) is 0.313. The van der Waals surface area contributed by atoms with Crippen LogP contribution in [0, 0.1) is 0 Å². The number of carbonyl (C=O) groups is 1. The van der Waals surface area contributed by atoms with Gasteiger partial charge in [-0.3, -0.25) is 0 Å². The second-order valence-electron chi connectivity index (χ2n) is 1.12. The Morgan fingerprint density at radius 3 is 2.29 bits per heavy atom. The molecule has 0 aliphatic rings. The van der Waals surface area contributed by atoms with Gasteiger partial charge in [-0.05, 0) is 6.92 Å². The standard InChI is InChI=1S/C4H7NO2/c1-3(2)7-4(5)6/h1H2,2H3,(H2,5,6). The summed E-state index contributed by atoms with van der Waals surface area (Å²) in [6, 6.07) is 0. The average Bonchev–Trinajstić information content (AvgIpc) is 1.27. The number of hydrogen-bond acceptors (Lipinski definition) is 2. The van der Waals surface area contributed by atoms with Gasteiger partial charge in [0.2, 0.25) is 0 Å². The lowest BCUT2D eigenvalue weighted by atomic mass is 10.7. The molecular weight excluding hydrogens is 94.0 g/mol. The third-order valence-corrected chi connectivity index (χ3v) is 0.275. The molecule has 0 aromatic rings. The molecule has 0 spiro atoms. The molecule has 1 amide bonds. The van der Waals surface area contributed by atoms with Gasteiger partial charge in [0.05, 0.1) is 5.76 Å². The van der Waals surface area contributed by atoms with Gasteiger partial charge >= 0.3 is 6.09 Å². The molecule has 0 heterocycles. The van der Waals surface area contributed by atoms with Crippen molar-refractivity contribution in [1.29, 1.82) is 0 Å². The molecule has 0 saturated heterocycles. The van der Waals surface area contributed by atoms with Crippen LogP contribution in [0.15, 0.2) is 12.3 Å². The summed E-state index contributed by atoms with van der Waals surface area (Å²) < 4.78 is 4.19. The number of primary amides is 1. The topological polar surface area (TPSA) is 52.3 Å². The Labute approximate surface area is 41.8 Å². The maximum absolute atomic E-state index is 9.75. The smallest absolute Gasteiger partial charge is 0.409 e. The molecule has 3 heteroatoms. The van der Waals surface area contributed by atoms with Gasteiger partial charge in [0.1, 0.15) is 0 Å². The molecule has 0 unspecified atom stereocenters. The highest BCUT2D eigenvalue weighted by Crippen LogP contribution is 1.86. The van der Waals surface area contributed by atoms with Crippen LogP contribution in [0.25, 0.3) is 0 Å². The molecule has 0 atom stereocenters. The lowest BCUT2D eigenvalue weighted by Gasteiger charge is -1.93. The van der Waals surface area contributed by atoms with Crippen molar-refractivity contribution in [2.24, 2.45) is 5.73 Å². The van der Waals surface area contributed by atoms with Crippen molar-refractivity contribution in [3.63, 3.8) is 0 Å². The van der Waals surface area contributed by atoms with Crippen LogP contribution in [0.1, 0.15) is 6.92 Å². The number of carbonyl (C=O) groups excluding carboxylic acids is 1. The zero-order valence-electron chi connectivity index (χ0n) is 4.10. The van der Waals surface area contributed by atoms with Gasteiger partial charge < -0.3 is 10.5 Å². The molecule has 2 N–H and O–H groups in total. The van der Waals surface area contributed by atoms with E-state index in [1.54, 1.807) is 6.92 Å². The van der Waals surface area contributed by atoms with Crippen molar-refractivity contribution in [3.05, 3.63) is 12.3 Å². The Balaban J connectivity index is 3.32. The molecule has 0 aromatic carbocycles. The van der Waals surface area contributed by atoms with Crippen LogP contribution in [0.2, 0.25) is 0 Å². The van der Waals surface area contributed by atoms with E-state index in [1.165, 1.54) is 0 Å². The number of allylic oxidation sites excluding steroid dienone is 1. The molecule has 0 aliphatic carbocycles. The van der Waals surface area contributed by atoms with E-state index in [0.29, 0.717) is 5.76 Å². The minimum Gasteiger partial charge on any atom is -0.416 e. The van der Waals surface area contributed by atoms with E-state index >= 15 is 0 Å². The van der Waals surface area contributed by atoms with Gasteiger partial charge in [0.15, 0.2) is 0 Å². The fraction of sp³-hybridized carbons (Fsp3) is 0.250. The van der Waals surface area contributed by atoms with Gasteiger partial charge in [-0.15, -0.1) is 0 Å². The largest absolute Gasteiger partial charge is 0.416 e. The molecule has 0 aromatic heterocycles. The summed E-state index contributed by atoms with van der Waals surface area (Å²) in [4.78, 5) is 9.75. The Kier molecular flexibility index (Phi) is 1.91. The van der Waals surface area contributed by atoms with Crippen LogP contribution in [0.5, 0.6) is 0 Å². The minimum absolute atomic E-state index is 0.313.